The number of anilines is 1. The second kappa shape index (κ2) is 4.44. The molecule has 1 fully saturated rings. The molecule has 3 N–H and O–H groups in total. The van der Waals surface area contributed by atoms with E-state index in [0.29, 0.717) is 17.6 Å². The monoisotopic (exact) mass is 221 g/mol. The van der Waals surface area contributed by atoms with E-state index in [2.05, 4.69) is 15.6 Å². The predicted molar refractivity (Wildman–Crippen MR) is 59.6 cm³/mol. The van der Waals surface area contributed by atoms with Crippen LogP contribution in [0.3, 0.4) is 0 Å². The van der Waals surface area contributed by atoms with Gasteiger partial charge in [-0.15, -0.1) is 10.2 Å². The fraction of sp³-hybridized carbons (Fsp3) is 0.500. The van der Waals surface area contributed by atoms with E-state index < -0.39 is 0 Å². The lowest BCUT2D eigenvalue weighted by Gasteiger charge is -2.34. The van der Waals surface area contributed by atoms with Gasteiger partial charge in [-0.3, -0.25) is 4.79 Å². The summed E-state index contributed by atoms with van der Waals surface area (Å²) in [6, 6.07) is 3.62. The van der Waals surface area contributed by atoms with Crippen molar-refractivity contribution in [2.75, 3.05) is 12.5 Å². The Morgan fingerprint density at radius 1 is 1.50 bits per heavy atom. The van der Waals surface area contributed by atoms with Gasteiger partial charge in [0.05, 0.1) is 0 Å². The zero-order valence-electron chi connectivity index (χ0n) is 9.18. The van der Waals surface area contributed by atoms with Gasteiger partial charge in [0.15, 0.2) is 11.5 Å². The second-order valence-electron chi connectivity index (χ2n) is 3.95. The minimum absolute atomic E-state index is 0.0826. The molecule has 1 saturated carbocycles. The molecule has 0 bridgehead atoms. The minimum atomic E-state index is -0.0826. The van der Waals surface area contributed by atoms with Crippen molar-refractivity contribution in [2.45, 2.75) is 25.3 Å². The summed E-state index contributed by atoms with van der Waals surface area (Å²) in [5.74, 6) is 5.53. The molecule has 1 aromatic rings. The third-order valence-electron chi connectivity index (χ3n) is 2.97. The number of rotatable bonds is 3. The molecular weight excluding hydrogens is 206 g/mol. The molecule has 6 heteroatoms. The third kappa shape index (κ3) is 1.96. The number of nitrogens with one attached hydrogen (secondary N) is 1. The molecule has 0 aromatic carbocycles. The largest absolute Gasteiger partial charge is 0.337 e. The Balaban J connectivity index is 2.07. The Bertz CT molecular complexity index is 373. The van der Waals surface area contributed by atoms with Crippen molar-refractivity contribution in [3.05, 3.63) is 17.8 Å². The maximum absolute atomic E-state index is 12.0. The Hall–Kier alpha value is -1.69. The molecule has 0 spiro atoms. The topological polar surface area (TPSA) is 84.1 Å². The van der Waals surface area contributed by atoms with E-state index in [9.17, 15) is 4.79 Å². The van der Waals surface area contributed by atoms with Gasteiger partial charge in [0.1, 0.15) is 0 Å². The number of hydrogen-bond donors (Lipinski definition) is 2. The summed E-state index contributed by atoms with van der Waals surface area (Å²) in [4.78, 5) is 13.7. The van der Waals surface area contributed by atoms with Gasteiger partial charge in [-0.1, -0.05) is 0 Å². The van der Waals surface area contributed by atoms with Crippen LogP contribution in [0.4, 0.5) is 5.82 Å². The molecule has 1 aromatic heterocycles. The third-order valence-corrected chi connectivity index (χ3v) is 2.97. The summed E-state index contributed by atoms with van der Waals surface area (Å²) < 4.78 is 0. The van der Waals surface area contributed by atoms with E-state index in [1.807, 2.05) is 7.05 Å². The van der Waals surface area contributed by atoms with Crippen molar-refractivity contribution in [3.63, 3.8) is 0 Å². The van der Waals surface area contributed by atoms with Crippen LogP contribution in [0.15, 0.2) is 12.1 Å². The first-order valence-corrected chi connectivity index (χ1v) is 5.30. The Morgan fingerprint density at radius 2 is 2.25 bits per heavy atom. The number of amides is 1. The van der Waals surface area contributed by atoms with Crippen molar-refractivity contribution >= 4 is 11.7 Å². The lowest BCUT2D eigenvalue weighted by atomic mass is 9.92. The van der Waals surface area contributed by atoms with Crippen molar-refractivity contribution < 1.29 is 4.79 Å². The normalized spacial score (nSPS) is 15.4. The lowest BCUT2D eigenvalue weighted by molar-refractivity contribution is 0.0645. The predicted octanol–water partition coefficient (Wildman–Crippen LogP) is 0.387. The van der Waals surface area contributed by atoms with Gasteiger partial charge in [-0.05, 0) is 31.4 Å². The number of hydrogen-bond acceptors (Lipinski definition) is 5. The highest BCUT2D eigenvalue weighted by molar-refractivity contribution is 5.92. The molecule has 2 rings (SSSR count). The number of carbonyl (C=O) groups excluding carboxylic acids is 1. The fourth-order valence-corrected chi connectivity index (χ4v) is 1.64. The van der Waals surface area contributed by atoms with Crippen LogP contribution in [0.1, 0.15) is 29.8 Å². The first kappa shape index (κ1) is 10.8. The molecule has 16 heavy (non-hydrogen) atoms. The van der Waals surface area contributed by atoms with Crippen LogP contribution in [0.2, 0.25) is 0 Å². The molecule has 0 radical (unpaired) electrons. The molecule has 1 aliphatic rings. The Kier molecular flexibility index (Phi) is 3.00. The van der Waals surface area contributed by atoms with E-state index in [4.69, 9.17) is 5.84 Å². The highest BCUT2D eigenvalue weighted by atomic mass is 16.2. The summed E-state index contributed by atoms with van der Waals surface area (Å²) in [7, 11) is 1.81. The van der Waals surface area contributed by atoms with Crippen LogP contribution in [-0.2, 0) is 0 Å². The molecule has 1 aliphatic carbocycles. The zero-order valence-corrected chi connectivity index (χ0v) is 9.18. The number of nitrogens with two attached hydrogens (primary N) is 1. The van der Waals surface area contributed by atoms with E-state index in [0.717, 1.165) is 12.8 Å². The Labute approximate surface area is 93.8 Å². The molecular formula is C10H15N5O. The van der Waals surface area contributed by atoms with Gasteiger partial charge in [-0.2, -0.15) is 0 Å². The van der Waals surface area contributed by atoms with E-state index >= 15 is 0 Å². The quantitative estimate of drug-likeness (QED) is 0.569. The lowest BCUT2D eigenvalue weighted by Crippen LogP contribution is -2.41. The van der Waals surface area contributed by atoms with Crippen LogP contribution in [-0.4, -0.2) is 34.1 Å². The number of nitrogens with zero attached hydrogens (tertiary/aromatic N) is 3. The molecule has 0 atom stereocenters. The number of carbonyl (C=O) groups is 1. The SMILES string of the molecule is CN(C(=O)c1ccc(NN)nn1)C1CCC1. The van der Waals surface area contributed by atoms with E-state index in [1.54, 1.807) is 17.0 Å². The zero-order chi connectivity index (χ0) is 11.5. The summed E-state index contributed by atoms with van der Waals surface area (Å²) >= 11 is 0. The van der Waals surface area contributed by atoms with Gasteiger partial charge in [0, 0.05) is 13.1 Å². The van der Waals surface area contributed by atoms with Crippen LogP contribution < -0.4 is 11.3 Å². The van der Waals surface area contributed by atoms with Crippen LogP contribution in [0, 0.1) is 0 Å². The molecule has 6 nitrogen and oxygen atoms in total. The average Bonchev–Trinajstić information content (AvgIpc) is 2.26. The summed E-state index contributed by atoms with van der Waals surface area (Å²) in [6.45, 7) is 0. The van der Waals surface area contributed by atoms with Gasteiger partial charge < -0.3 is 10.3 Å². The smallest absolute Gasteiger partial charge is 0.274 e. The van der Waals surface area contributed by atoms with Crippen LogP contribution in [0.25, 0.3) is 0 Å². The van der Waals surface area contributed by atoms with Crippen molar-refractivity contribution in [3.8, 4) is 0 Å². The summed E-state index contributed by atoms with van der Waals surface area (Å²) in [6.07, 6.45) is 3.36. The molecule has 86 valence electrons. The molecule has 1 amide bonds. The molecule has 1 heterocycles. The van der Waals surface area contributed by atoms with Crippen LogP contribution in [0.5, 0.6) is 0 Å². The van der Waals surface area contributed by atoms with Gasteiger partial charge in [-0.25, -0.2) is 5.84 Å². The number of nitrogen functional groups attached to an aromatic ring is 1. The average molecular weight is 221 g/mol. The fourth-order valence-electron chi connectivity index (χ4n) is 1.64. The van der Waals surface area contributed by atoms with Gasteiger partial charge in [0.25, 0.3) is 5.91 Å². The van der Waals surface area contributed by atoms with E-state index in [-0.39, 0.29) is 5.91 Å². The summed E-state index contributed by atoms with van der Waals surface area (Å²) in [5, 5.41) is 7.60. The highest BCUT2D eigenvalue weighted by Gasteiger charge is 2.26. The first-order valence-electron chi connectivity index (χ1n) is 5.30. The maximum atomic E-state index is 12.0. The number of hydrazine groups is 1. The second-order valence-corrected chi connectivity index (χ2v) is 3.95. The van der Waals surface area contributed by atoms with E-state index in [1.165, 1.54) is 6.42 Å². The first-order chi connectivity index (χ1) is 7.72. The van der Waals surface area contributed by atoms with Gasteiger partial charge in [0.2, 0.25) is 0 Å². The number of aromatic nitrogens is 2. The van der Waals surface area contributed by atoms with Gasteiger partial charge >= 0.3 is 0 Å². The van der Waals surface area contributed by atoms with Crippen molar-refractivity contribution in [1.82, 2.24) is 15.1 Å². The molecule has 0 unspecified atom stereocenters. The standard InChI is InChI=1S/C10H15N5O/c1-15(7-3-2-4-7)10(16)8-5-6-9(12-11)14-13-8/h5-7H,2-4,11H2,1H3,(H,12,14). The highest BCUT2D eigenvalue weighted by Crippen LogP contribution is 2.24. The minimum Gasteiger partial charge on any atom is -0.337 e. The van der Waals surface area contributed by atoms with Crippen molar-refractivity contribution in [2.24, 2.45) is 5.84 Å². The molecule has 0 aliphatic heterocycles. The molecule has 0 saturated heterocycles. The van der Waals surface area contributed by atoms with Crippen LogP contribution >= 0.6 is 0 Å². The van der Waals surface area contributed by atoms with Crippen molar-refractivity contribution in [1.29, 1.82) is 0 Å². The summed E-state index contributed by atoms with van der Waals surface area (Å²) in [5.41, 5.74) is 2.72. The maximum Gasteiger partial charge on any atom is 0.274 e. The Morgan fingerprint density at radius 3 is 2.69 bits per heavy atom.